The van der Waals surface area contributed by atoms with E-state index in [1.54, 1.807) is 10.6 Å². The van der Waals surface area contributed by atoms with Gasteiger partial charge >= 0.3 is 0 Å². The van der Waals surface area contributed by atoms with Crippen LogP contribution in [0.1, 0.15) is 16.7 Å². The first kappa shape index (κ1) is 24.1. The summed E-state index contributed by atoms with van der Waals surface area (Å²) in [6, 6.07) is 21.8. The highest BCUT2D eigenvalue weighted by molar-refractivity contribution is 7.99. The average Bonchev–Trinajstić information content (AvgIpc) is 2.89. The number of carbonyl (C=O) groups is 1. The number of thioether (sulfide) groups is 1. The fraction of sp³-hybridized carbons (Fsp3) is 0.276. The molecule has 7 heteroatoms. The van der Waals surface area contributed by atoms with Crippen molar-refractivity contribution in [3.63, 3.8) is 0 Å². The van der Waals surface area contributed by atoms with Gasteiger partial charge in [-0.2, -0.15) is 0 Å². The molecule has 2 heterocycles. The van der Waals surface area contributed by atoms with E-state index in [4.69, 9.17) is 4.98 Å². The van der Waals surface area contributed by atoms with Crippen LogP contribution in [0, 0.1) is 20.8 Å². The van der Waals surface area contributed by atoms with Crippen molar-refractivity contribution in [2.75, 3.05) is 36.8 Å². The van der Waals surface area contributed by atoms with Gasteiger partial charge in [-0.1, -0.05) is 48.2 Å². The minimum Gasteiger partial charge on any atom is -0.368 e. The predicted octanol–water partition coefficient (Wildman–Crippen LogP) is 4.75. The van der Waals surface area contributed by atoms with Crippen LogP contribution in [0.3, 0.4) is 0 Å². The summed E-state index contributed by atoms with van der Waals surface area (Å²) in [6.07, 6.45) is 0. The van der Waals surface area contributed by atoms with Crippen molar-refractivity contribution in [2.24, 2.45) is 0 Å². The molecule has 0 radical (unpaired) electrons. The van der Waals surface area contributed by atoms with Crippen LogP contribution in [0.4, 0.5) is 5.69 Å². The molecule has 4 aromatic rings. The van der Waals surface area contributed by atoms with Gasteiger partial charge in [0.2, 0.25) is 5.91 Å². The number of hydrogen-bond donors (Lipinski definition) is 0. The van der Waals surface area contributed by atoms with E-state index in [1.165, 1.54) is 23.0 Å². The van der Waals surface area contributed by atoms with Crippen molar-refractivity contribution in [2.45, 2.75) is 25.9 Å². The fourth-order valence-corrected chi connectivity index (χ4v) is 5.56. The second-order valence-corrected chi connectivity index (χ2v) is 10.2. The van der Waals surface area contributed by atoms with Gasteiger partial charge in [-0.15, -0.1) is 0 Å². The number of aryl methyl sites for hydroxylation is 2. The monoisotopic (exact) mass is 498 g/mol. The van der Waals surface area contributed by atoms with Gasteiger partial charge < -0.3 is 9.80 Å². The van der Waals surface area contributed by atoms with Crippen molar-refractivity contribution < 1.29 is 4.79 Å². The number of anilines is 1. The molecule has 1 aliphatic heterocycles. The summed E-state index contributed by atoms with van der Waals surface area (Å²) in [4.78, 5) is 35.8. The Morgan fingerprint density at radius 3 is 2.44 bits per heavy atom. The molecule has 0 spiro atoms. The normalized spacial score (nSPS) is 13.9. The van der Waals surface area contributed by atoms with E-state index < -0.39 is 0 Å². The van der Waals surface area contributed by atoms with Crippen molar-refractivity contribution in [3.05, 3.63) is 93.8 Å². The van der Waals surface area contributed by atoms with Crippen LogP contribution in [-0.4, -0.2) is 52.3 Å². The highest BCUT2D eigenvalue weighted by atomic mass is 32.2. The van der Waals surface area contributed by atoms with Gasteiger partial charge in [0.1, 0.15) is 0 Å². The van der Waals surface area contributed by atoms with E-state index in [1.807, 2.05) is 55.1 Å². The van der Waals surface area contributed by atoms with Gasteiger partial charge in [0.05, 0.1) is 22.3 Å². The van der Waals surface area contributed by atoms with Crippen molar-refractivity contribution in [1.82, 2.24) is 14.5 Å². The Morgan fingerprint density at radius 1 is 0.917 bits per heavy atom. The minimum absolute atomic E-state index is 0.0683. The number of benzene rings is 3. The number of piperazine rings is 1. The zero-order valence-electron chi connectivity index (χ0n) is 20.9. The second-order valence-electron chi connectivity index (χ2n) is 9.27. The Balaban J connectivity index is 1.36. The van der Waals surface area contributed by atoms with Crippen LogP contribution in [0.15, 0.2) is 76.7 Å². The molecule has 0 unspecified atom stereocenters. The Kier molecular flexibility index (Phi) is 6.83. The lowest BCUT2D eigenvalue weighted by Gasteiger charge is -2.36. The summed E-state index contributed by atoms with van der Waals surface area (Å²) >= 11 is 1.33. The second kappa shape index (κ2) is 10.2. The summed E-state index contributed by atoms with van der Waals surface area (Å²) < 4.78 is 1.66. The molecule has 0 saturated carbocycles. The third-order valence-corrected chi connectivity index (χ3v) is 7.81. The summed E-state index contributed by atoms with van der Waals surface area (Å²) in [5.41, 5.74) is 5.90. The number of para-hydroxylation sites is 1. The fourth-order valence-electron chi connectivity index (χ4n) is 4.66. The first-order chi connectivity index (χ1) is 17.4. The average molecular weight is 499 g/mol. The van der Waals surface area contributed by atoms with Crippen LogP contribution in [0.2, 0.25) is 0 Å². The lowest BCUT2D eigenvalue weighted by molar-refractivity contribution is -0.128. The molecule has 5 rings (SSSR count). The largest absolute Gasteiger partial charge is 0.368 e. The van der Waals surface area contributed by atoms with Gasteiger partial charge in [-0.3, -0.25) is 14.2 Å². The molecular weight excluding hydrogens is 468 g/mol. The molecule has 36 heavy (non-hydrogen) atoms. The third-order valence-electron chi connectivity index (χ3n) is 6.89. The maximum Gasteiger partial charge on any atom is 0.266 e. The Hall–Kier alpha value is -3.58. The maximum atomic E-state index is 13.6. The summed E-state index contributed by atoms with van der Waals surface area (Å²) in [5.74, 6) is 0.305. The van der Waals surface area contributed by atoms with Gasteiger partial charge in [0.25, 0.3) is 5.56 Å². The zero-order chi connectivity index (χ0) is 25.2. The van der Waals surface area contributed by atoms with Gasteiger partial charge in [-0.05, 0) is 67.8 Å². The third kappa shape index (κ3) is 4.75. The quantitative estimate of drug-likeness (QED) is 0.294. The Labute approximate surface area is 215 Å². The molecule has 1 aromatic heterocycles. The number of hydrogen-bond acceptors (Lipinski definition) is 5. The first-order valence-electron chi connectivity index (χ1n) is 12.2. The molecule has 1 fully saturated rings. The first-order valence-corrected chi connectivity index (χ1v) is 13.2. The van der Waals surface area contributed by atoms with Crippen LogP contribution >= 0.6 is 11.8 Å². The van der Waals surface area contributed by atoms with Crippen molar-refractivity contribution in [3.8, 4) is 5.69 Å². The number of carbonyl (C=O) groups excluding carboxylic acids is 1. The predicted molar refractivity (Wildman–Crippen MR) is 148 cm³/mol. The molecule has 1 saturated heterocycles. The number of fused-ring (bicyclic) bond motifs is 1. The number of aromatic nitrogens is 2. The molecule has 3 aromatic carbocycles. The van der Waals surface area contributed by atoms with Crippen LogP contribution in [0.5, 0.6) is 0 Å². The van der Waals surface area contributed by atoms with Crippen molar-refractivity contribution >= 4 is 34.3 Å². The number of rotatable bonds is 5. The summed E-state index contributed by atoms with van der Waals surface area (Å²) in [6.45, 7) is 9.12. The Morgan fingerprint density at radius 2 is 1.67 bits per heavy atom. The smallest absolute Gasteiger partial charge is 0.266 e. The molecule has 0 atom stereocenters. The van der Waals surface area contributed by atoms with E-state index in [-0.39, 0.29) is 17.2 Å². The molecule has 0 bridgehead atoms. The highest BCUT2D eigenvalue weighted by Gasteiger charge is 2.23. The van der Waals surface area contributed by atoms with E-state index in [2.05, 4.69) is 36.1 Å². The Bertz CT molecular complexity index is 1490. The van der Waals surface area contributed by atoms with E-state index in [0.717, 1.165) is 29.9 Å². The maximum absolute atomic E-state index is 13.6. The highest BCUT2D eigenvalue weighted by Crippen LogP contribution is 2.25. The number of amides is 1. The summed E-state index contributed by atoms with van der Waals surface area (Å²) in [5, 5.41) is 1.11. The molecular formula is C29H30N4O2S. The SMILES string of the molecule is Cc1cccc(N2CCN(C(=O)CSc3nc4ccccc4c(=O)n3-c3cccc(C)c3C)CC2)c1. The molecule has 1 amide bonds. The molecule has 1 aliphatic rings. The van der Waals surface area contributed by atoms with Crippen LogP contribution in [-0.2, 0) is 4.79 Å². The molecule has 0 aliphatic carbocycles. The van der Waals surface area contributed by atoms with Crippen molar-refractivity contribution in [1.29, 1.82) is 0 Å². The van der Waals surface area contributed by atoms with E-state index in [0.29, 0.717) is 29.1 Å². The van der Waals surface area contributed by atoms with E-state index >= 15 is 0 Å². The van der Waals surface area contributed by atoms with Gasteiger partial charge in [-0.25, -0.2) is 4.98 Å². The van der Waals surface area contributed by atoms with E-state index in [9.17, 15) is 9.59 Å². The number of nitrogens with zero attached hydrogens (tertiary/aromatic N) is 4. The van der Waals surface area contributed by atoms with Crippen LogP contribution in [0.25, 0.3) is 16.6 Å². The topological polar surface area (TPSA) is 58.4 Å². The lowest BCUT2D eigenvalue weighted by atomic mass is 10.1. The standard InChI is InChI=1S/C29H30N4O2S/c1-20-8-6-10-23(18-20)31-14-16-32(17-15-31)27(34)19-36-29-30-25-12-5-4-11-24(25)28(35)33(29)26-13-7-9-21(2)22(26)3/h4-13,18H,14-17,19H2,1-3H3. The molecule has 184 valence electrons. The zero-order valence-corrected chi connectivity index (χ0v) is 21.7. The van der Waals surface area contributed by atoms with Gasteiger partial charge in [0, 0.05) is 31.9 Å². The molecule has 6 nitrogen and oxygen atoms in total. The van der Waals surface area contributed by atoms with Gasteiger partial charge in [0.15, 0.2) is 5.16 Å². The van der Waals surface area contributed by atoms with Crippen LogP contribution < -0.4 is 10.5 Å². The summed E-state index contributed by atoms with van der Waals surface area (Å²) in [7, 11) is 0. The minimum atomic E-state index is -0.115. The molecule has 0 N–H and O–H groups in total. The lowest BCUT2D eigenvalue weighted by Crippen LogP contribution is -2.49.